The largest absolute Gasteiger partial charge is 0.453 e. The minimum Gasteiger partial charge on any atom is -0.391 e. The number of benzene rings is 3. The maximum atomic E-state index is 13.8. The van der Waals surface area contributed by atoms with Gasteiger partial charge in [-0.3, -0.25) is 19.2 Å². The van der Waals surface area contributed by atoms with E-state index in [2.05, 4.69) is 38.0 Å². The van der Waals surface area contributed by atoms with E-state index < -0.39 is 250 Å². The van der Waals surface area contributed by atoms with Crippen molar-refractivity contribution in [3.05, 3.63) is 124 Å². The third kappa shape index (κ3) is 37.7. The summed E-state index contributed by atoms with van der Waals surface area (Å²) >= 11 is 0. The van der Waals surface area contributed by atoms with Crippen LogP contribution in [0.3, 0.4) is 0 Å². The maximum Gasteiger partial charge on any atom is 0.453 e. The molecule has 13 unspecified atom stereocenters. The molecule has 0 spiro atoms. The third-order valence-electron chi connectivity index (χ3n) is 17.6. The second-order valence-electron chi connectivity index (χ2n) is 27.7. The van der Waals surface area contributed by atoms with E-state index >= 15 is 0 Å². The fourth-order valence-corrected chi connectivity index (χ4v) is 15.9. The molecular weight excluding hydrogens is 1830 g/mol. The minimum atomic E-state index is -6.19. The Morgan fingerprint density at radius 1 is 0.444 bits per heavy atom. The summed E-state index contributed by atoms with van der Waals surface area (Å²) in [5.41, 5.74) is -2.36. The van der Waals surface area contributed by atoms with Crippen molar-refractivity contribution in [3.63, 3.8) is 0 Å². The topological polar surface area (TPSA) is 300 Å². The Bertz CT molecular complexity index is 3800. The van der Waals surface area contributed by atoms with Gasteiger partial charge in [0, 0.05) is 132 Å². The Hall–Kier alpha value is -5.93. The van der Waals surface area contributed by atoms with Crippen LogP contribution in [-0.2, 0) is 110 Å². The first-order chi connectivity index (χ1) is 58.9. The molecule has 718 valence electrons. The van der Waals surface area contributed by atoms with E-state index in [1.807, 2.05) is 49.6 Å². The molecule has 6 saturated heterocycles. The summed E-state index contributed by atoms with van der Waals surface area (Å²) in [6, 6.07) is 14.2. The van der Waals surface area contributed by atoms with E-state index in [4.69, 9.17) is 81.3 Å². The smallest absolute Gasteiger partial charge is 0.391 e. The van der Waals surface area contributed by atoms with Crippen molar-refractivity contribution in [2.24, 2.45) is 0 Å². The average molecular weight is 1930 g/mol. The van der Waals surface area contributed by atoms with E-state index in [1.54, 1.807) is 50.3 Å². The zero-order valence-corrected chi connectivity index (χ0v) is 70.2. The van der Waals surface area contributed by atoms with Gasteiger partial charge in [0.05, 0.1) is 77.3 Å². The molecule has 6 aliphatic heterocycles. The summed E-state index contributed by atoms with van der Waals surface area (Å²) < 4.78 is 357. The van der Waals surface area contributed by atoms with Gasteiger partial charge in [-0.1, -0.05) is 68.8 Å². The number of hydrogen-bond donors (Lipinski definition) is 6. The number of ether oxygens (including phenoxy) is 15. The van der Waals surface area contributed by atoms with E-state index in [0.717, 1.165) is 30.9 Å². The van der Waals surface area contributed by atoms with E-state index in [1.165, 1.54) is 12.0 Å². The molecule has 13 atom stereocenters. The number of carbonyl (C=O) groups excluding carboxylic acids is 4. The molecular formula is C75H96F21N5O21S4. The lowest BCUT2D eigenvalue weighted by atomic mass is 10.0. The molecule has 6 N–H and O–H groups in total. The number of halogens is 21. The van der Waals surface area contributed by atoms with Gasteiger partial charge in [0.1, 0.15) is 30.5 Å². The first-order valence-corrected chi connectivity index (χ1v) is 42.5. The molecule has 0 radical (unpaired) electrons. The lowest BCUT2D eigenvalue weighted by molar-refractivity contribution is -0.300. The van der Waals surface area contributed by atoms with Crippen molar-refractivity contribution in [1.29, 1.82) is 0 Å². The van der Waals surface area contributed by atoms with Gasteiger partial charge in [-0.25, -0.2) is 70.2 Å². The molecule has 6 aliphatic rings. The second-order valence-corrected chi connectivity index (χ2v) is 32.7. The average Bonchev–Trinajstić information content (AvgIpc) is 1.18. The molecule has 6 fully saturated rings. The molecule has 7 heterocycles. The molecule has 51 heteroatoms. The van der Waals surface area contributed by atoms with Gasteiger partial charge < -0.3 is 107 Å². The maximum absolute atomic E-state index is 13.8. The highest BCUT2D eigenvalue weighted by Gasteiger charge is 2.61. The number of nitrogens with one attached hydrogen (secondary N) is 4. The SMILES string of the molecule is C.CC1OCC(CSSCC2COC(CO)O2)O1.COC1OC(CNC(=O)CCC(F)(F)CC(C)(F)F)C(CNC(=O)CCC(F)(F)CC(F)(F)C(F)(F)F)O1.COC1OC(CNC(=O)CCc2c(F)c(F)c(F)c(F)c2F)C(CNC(=O)CCc2c(F)c(F)c(F)c(F)c2F)O1.COC1OCC(Cn2cccc2)O1.OCC1OCC(CSSc2ccccc2)O1. The zero-order chi connectivity index (χ0) is 92.6. The van der Waals surface area contributed by atoms with Gasteiger partial charge in [0.2, 0.25) is 35.3 Å². The first kappa shape index (κ1) is 111. The van der Waals surface area contributed by atoms with Gasteiger partial charge >= 0.3 is 12.1 Å². The number of aliphatic hydroxyl groups is 2. The Morgan fingerprint density at radius 3 is 1.15 bits per heavy atom. The highest BCUT2D eigenvalue weighted by Crippen LogP contribution is 2.44. The number of nitrogens with zero attached hydrogens (tertiary/aromatic N) is 1. The first-order valence-electron chi connectivity index (χ1n) is 37.7. The highest BCUT2D eigenvalue weighted by atomic mass is 33.1. The summed E-state index contributed by atoms with van der Waals surface area (Å²) in [4.78, 5) is 49.2. The number of aromatic nitrogens is 1. The van der Waals surface area contributed by atoms with Crippen LogP contribution in [-0.4, -0.2) is 260 Å². The second kappa shape index (κ2) is 53.5. The van der Waals surface area contributed by atoms with Crippen LogP contribution in [0.5, 0.6) is 0 Å². The van der Waals surface area contributed by atoms with Crippen LogP contribution in [0.15, 0.2) is 59.8 Å². The molecule has 3 aromatic carbocycles. The Kier molecular flexibility index (Phi) is 47.0. The van der Waals surface area contributed by atoms with Crippen molar-refractivity contribution >= 4 is 66.8 Å². The molecule has 0 bridgehead atoms. The van der Waals surface area contributed by atoms with Gasteiger partial charge in [0.25, 0.3) is 37.2 Å². The van der Waals surface area contributed by atoms with Crippen molar-refractivity contribution in [3.8, 4) is 0 Å². The van der Waals surface area contributed by atoms with Crippen molar-refractivity contribution in [2.45, 2.75) is 214 Å². The molecule has 4 aromatic rings. The lowest BCUT2D eigenvalue weighted by Gasteiger charge is -2.24. The minimum absolute atomic E-state index is 0. The molecule has 4 amide bonds. The van der Waals surface area contributed by atoms with Gasteiger partial charge in [-0.05, 0) is 51.0 Å². The van der Waals surface area contributed by atoms with Crippen LogP contribution in [0.25, 0.3) is 0 Å². The molecule has 10 rings (SSSR count). The van der Waals surface area contributed by atoms with Crippen molar-refractivity contribution < 1.29 is 193 Å². The van der Waals surface area contributed by atoms with Crippen LogP contribution in [0.1, 0.15) is 83.8 Å². The summed E-state index contributed by atoms with van der Waals surface area (Å²) in [5.74, 6) is -40.4. The third-order valence-corrected chi connectivity index (χ3v) is 22.6. The highest BCUT2D eigenvalue weighted by molar-refractivity contribution is 8.77. The normalized spacial score (nSPS) is 23.7. The monoisotopic (exact) mass is 1930 g/mol. The summed E-state index contributed by atoms with van der Waals surface area (Å²) in [5, 5.41) is 26.6. The number of rotatable bonds is 40. The number of carbonyl (C=O) groups is 4. The summed E-state index contributed by atoms with van der Waals surface area (Å²) in [7, 11) is 10.9. The van der Waals surface area contributed by atoms with Crippen molar-refractivity contribution in [1.82, 2.24) is 25.8 Å². The number of alkyl halides is 11. The lowest BCUT2D eigenvalue weighted by Crippen LogP contribution is -2.44. The number of hydrogen-bond acceptors (Lipinski definition) is 25. The van der Waals surface area contributed by atoms with Gasteiger partial charge in [-0.2, -0.15) is 22.0 Å². The molecule has 0 saturated carbocycles. The van der Waals surface area contributed by atoms with E-state index in [-0.39, 0.29) is 71.0 Å². The van der Waals surface area contributed by atoms with E-state index in [0.29, 0.717) is 33.4 Å². The zero-order valence-electron chi connectivity index (χ0n) is 66.9. The number of aliphatic hydroxyl groups excluding tert-OH is 2. The van der Waals surface area contributed by atoms with Crippen LogP contribution >= 0.6 is 43.2 Å². The van der Waals surface area contributed by atoms with Crippen LogP contribution in [0.4, 0.5) is 92.2 Å². The standard InChI is InChI=1S/C24H20F10N2O5.C20H27F11N2O5.C11H14O3S2.C10H18O5S2.C9H13NO3.CH4/c1-39-24-40-10(6-35-12(37)4-2-8-14(25)18(29)22(33)19(30)15(8)26)11(41-24)7-36-13(38)5-3-9-16(27)20(31)23(34)21(32)17(9)28;1-16(21,22)9-17(23,24)5-3-13(34)32-7-11-12(38-15(36-2)37-11)8-33-14(35)4-6-18(25,26)10-19(27,28)20(29,30)31;12-6-11-13-7-9(14-11)8-15-16-10-4-2-1-3-5-10;1-7-12-3-8(14-7)5-16-17-6-9-4-13-10(2-11)15-9;1-11-9-12-7-8(13-9)6-10-4-2-3-5-10;/h10-11,24H,2-7H2,1H3,(H,35,37)(H,36,38);11-12,15H,3-10H2,1-2H3,(H,32,34)(H,33,35);1-5,9,11-12H,6-8H2;7-11H,2-6H2,1H3;2-5,8-9H,6-7H2,1H3;1H4. The predicted molar refractivity (Wildman–Crippen MR) is 408 cm³/mol. The Balaban J connectivity index is 0.000000299. The van der Waals surface area contributed by atoms with Crippen LogP contribution in [0.2, 0.25) is 0 Å². The molecule has 0 aliphatic carbocycles. The molecule has 126 heavy (non-hydrogen) atoms. The quantitative estimate of drug-likeness (QED) is 0.00793. The van der Waals surface area contributed by atoms with Crippen LogP contribution < -0.4 is 21.3 Å². The number of amides is 4. The van der Waals surface area contributed by atoms with Crippen LogP contribution in [0, 0.1) is 58.2 Å². The Labute approximate surface area is 724 Å². The van der Waals surface area contributed by atoms with Crippen molar-refractivity contribution in [2.75, 3.05) is 104 Å². The van der Waals surface area contributed by atoms with E-state index in [9.17, 15) is 111 Å². The van der Waals surface area contributed by atoms with Gasteiger partial charge in [0.15, 0.2) is 65.4 Å². The summed E-state index contributed by atoms with van der Waals surface area (Å²) in [6.07, 6.45) is -19.1. The Morgan fingerprint density at radius 2 is 0.802 bits per heavy atom. The molecule has 26 nitrogen and oxygen atoms in total. The summed E-state index contributed by atoms with van der Waals surface area (Å²) in [6.45, 7) is 0.740. The molecule has 1 aromatic heterocycles. The fourth-order valence-electron chi connectivity index (χ4n) is 11.3. The fraction of sp³-hybridized carbons (Fsp3) is 0.653. The predicted octanol–water partition coefficient (Wildman–Crippen LogP) is 12.5. The number of methoxy groups -OCH3 is 3. The van der Waals surface area contributed by atoms with Gasteiger partial charge in [-0.15, -0.1) is 0 Å².